The van der Waals surface area contributed by atoms with E-state index < -0.39 is 0 Å². The predicted octanol–water partition coefficient (Wildman–Crippen LogP) is 3.25. The van der Waals surface area contributed by atoms with Crippen molar-refractivity contribution in [3.05, 3.63) is 0 Å². The van der Waals surface area contributed by atoms with Crippen LogP contribution in [-0.4, -0.2) is 5.91 Å². The van der Waals surface area contributed by atoms with Gasteiger partial charge >= 0.3 is 0 Å². The first-order valence-electron chi connectivity index (χ1n) is 6.31. The van der Waals surface area contributed by atoms with Gasteiger partial charge in [-0.05, 0) is 31.1 Å². The Morgan fingerprint density at radius 2 is 1.67 bits per heavy atom. The molecule has 0 aromatic carbocycles. The largest absolute Gasteiger partial charge is 0.369 e. The molecule has 0 radical (unpaired) electrons. The number of nitrogens with two attached hydrogens (primary N) is 1. The van der Waals surface area contributed by atoms with Gasteiger partial charge in [-0.2, -0.15) is 0 Å². The minimum absolute atomic E-state index is 0.0895. The molecule has 1 unspecified atom stereocenters. The van der Waals surface area contributed by atoms with Gasteiger partial charge in [0.25, 0.3) is 0 Å². The maximum atomic E-state index is 11.2. The molecule has 0 bridgehead atoms. The molecule has 1 fully saturated rings. The van der Waals surface area contributed by atoms with Crippen molar-refractivity contribution in [3.8, 4) is 0 Å². The van der Waals surface area contributed by atoms with Crippen LogP contribution in [0.2, 0.25) is 0 Å². The highest BCUT2D eigenvalue weighted by Crippen LogP contribution is 2.32. The Kier molecular flexibility index (Phi) is 4.62. The first-order valence-corrected chi connectivity index (χ1v) is 6.31. The Balaban J connectivity index is 2.47. The smallest absolute Gasteiger partial charge is 0.220 e. The summed E-state index contributed by atoms with van der Waals surface area (Å²) in [6, 6.07) is 0. The molecule has 0 aliphatic heterocycles. The molecule has 1 rings (SSSR count). The Hall–Kier alpha value is -0.530. The Morgan fingerprint density at radius 1 is 1.07 bits per heavy atom. The fourth-order valence-electron chi connectivity index (χ4n) is 2.55. The van der Waals surface area contributed by atoms with Crippen LogP contribution < -0.4 is 5.73 Å². The summed E-state index contributed by atoms with van der Waals surface area (Å²) in [5.74, 6) is 0.0484. The number of hydrogen-bond acceptors (Lipinski definition) is 1. The summed E-state index contributed by atoms with van der Waals surface area (Å²) in [6.45, 7) is 4.68. The van der Waals surface area contributed by atoms with E-state index in [1.165, 1.54) is 32.1 Å². The van der Waals surface area contributed by atoms with Crippen LogP contribution in [-0.2, 0) is 4.79 Å². The molecule has 1 aliphatic carbocycles. The van der Waals surface area contributed by atoms with Gasteiger partial charge in [0, 0.05) is 5.92 Å². The lowest BCUT2D eigenvalue weighted by atomic mass is 9.79. The lowest BCUT2D eigenvalue weighted by Crippen LogP contribution is -2.24. The zero-order chi connectivity index (χ0) is 11.3. The quantitative estimate of drug-likeness (QED) is 0.711. The normalized spacial score (nSPS) is 28.3. The molecular weight excluding hydrogens is 186 g/mol. The van der Waals surface area contributed by atoms with Crippen molar-refractivity contribution in [3.63, 3.8) is 0 Å². The standard InChI is InChI=1S/C13H25NO/c1-13(2)9-5-3-4-7-11(12(14)15)8-6-10-13/h11H,3-10H2,1-2H3,(H2,14,15). The van der Waals surface area contributed by atoms with Crippen LogP contribution in [0.15, 0.2) is 0 Å². The molecule has 15 heavy (non-hydrogen) atoms. The van der Waals surface area contributed by atoms with Crippen LogP contribution in [0, 0.1) is 11.3 Å². The third-order valence-electron chi connectivity index (χ3n) is 3.71. The molecule has 0 spiro atoms. The maximum Gasteiger partial charge on any atom is 0.220 e. The average molecular weight is 211 g/mol. The molecule has 0 saturated heterocycles. The Morgan fingerprint density at radius 3 is 2.33 bits per heavy atom. The summed E-state index contributed by atoms with van der Waals surface area (Å²) >= 11 is 0. The second kappa shape index (κ2) is 5.53. The fraction of sp³-hybridized carbons (Fsp3) is 0.923. The highest BCUT2D eigenvalue weighted by molar-refractivity contribution is 5.76. The summed E-state index contributed by atoms with van der Waals surface area (Å²) in [5, 5.41) is 0. The molecule has 2 heteroatoms. The van der Waals surface area contributed by atoms with E-state index in [0.717, 1.165) is 19.3 Å². The van der Waals surface area contributed by atoms with Crippen LogP contribution in [0.3, 0.4) is 0 Å². The second-order valence-corrected chi connectivity index (χ2v) is 5.76. The van der Waals surface area contributed by atoms with Crippen molar-refractivity contribution in [2.24, 2.45) is 17.1 Å². The first-order chi connectivity index (χ1) is 7.01. The van der Waals surface area contributed by atoms with Crippen LogP contribution in [0.1, 0.15) is 65.2 Å². The summed E-state index contributed by atoms with van der Waals surface area (Å²) in [7, 11) is 0. The van der Waals surface area contributed by atoms with E-state index in [0.29, 0.717) is 5.41 Å². The van der Waals surface area contributed by atoms with Crippen LogP contribution in [0.5, 0.6) is 0 Å². The molecule has 0 heterocycles. The highest BCUT2D eigenvalue weighted by atomic mass is 16.1. The van der Waals surface area contributed by atoms with Crippen LogP contribution >= 0.6 is 0 Å². The van der Waals surface area contributed by atoms with E-state index in [9.17, 15) is 4.79 Å². The van der Waals surface area contributed by atoms with E-state index >= 15 is 0 Å². The molecule has 88 valence electrons. The topological polar surface area (TPSA) is 43.1 Å². The van der Waals surface area contributed by atoms with Gasteiger partial charge in [-0.1, -0.05) is 39.5 Å². The number of hydrogen-bond donors (Lipinski definition) is 1. The number of primary amides is 1. The minimum atomic E-state index is -0.0895. The second-order valence-electron chi connectivity index (χ2n) is 5.76. The van der Waals surface area contributed by atoms with E-state index in [-0.39, 0.29) is 11.8 Å². The lowest BCUT2D eigenvalue weighted by molar-refractivity contribution is -0.122. The summed E-state index contributed by atoms with van der Waals surface area (Å²) < 4.78 is 0. The van der Waals surface area contributed by atoms with Gasteiger partial charge in [0.2, 0.25) is 5.91 Å². The number of carbonyl (C=O) groups excluding carboxylic acids is 1. The van der Waals surface area contributed by atoms with Crippen molar-refractivity contribution in [2.75, 3.05) is 0 Å². The SMILES string of the molecule is CC1(C)CCCCCC(C(N)=O)CCC1. The third-order valence-corrected chi connectivity index (χ3v) is 3.71. The van der Waals surface area contributed by atoms with Crippen molar-refractivity contribution < 1.29 is 4.79 Å². The van der Waals surface area contributed by atoms with Gasteiger partial charge < -0.3 is 5.73 Å². The summed E-state index contributed by atoms with van der Waals surface area (Å²) in [5.41, 5.74) is 5.86. The molecule has 2 nitrogen and oxygen atoms in total. The fourth-order valence-corrected chi connectivity index (χ4v) is 2.55. The van der Waals surface area contributed by atoms with Gasteiger partial charge in [0.1, 0.15) is 0 Å². The van der Waals surface area contributed by atoms with Gasteiger partial charge in [0.15, 0.2) is 0 Å². The molecular formula is C13H25NO. The van der Waals surface area contributed by atoms with Crippen molar-refractivity contribution >= 4 is 5.91 Å². The van der Waals surface area contributed by atoms with Gasteiger partial charge in [-0.25, -0.2) is 0 Å². The lowest BCUT2D eigenvalue weighted by Gasteiger charge is -2.27. The minimum Gasteiger partial charge on any atom is -0.369 e. The van der Waals surface area contributed by atoms with Gasteiger partial charge in [0.05, 0.1) is 0 Å². The number of carbonyl (C=O) groups is 1. The molecule has 2 N–H and O–H groups in total. The Bertz CT molecular complexity index is 211. The predicted molar refractivity (Wildman–Crippen MR) is 63.4 cm³/mol. The Labute approximate surface area is 93.6 Å². The highest BCUT2D eigenvalue weighted by Gasteiger charge is 2.21. The van der Waals surface area contributed by atoms with E-state index in [4.69, 9.17) is 5.73 Å². The zero-order valence-corrected chi connectivity index (χ0v) is 10.2. The first kappa shape index (κ1) is 12.5. The molecule has 1 saturated carbocycles. The van der Waals surface area contributed by atoms with E-state index in [1.54, 1.807) is 0 Å². The molecule has 0 aromatic heterocycles. The molecule has 1 atom stereocenters. The molecule has 0 aromatic rings. The number of rotatable bonds is 1. The summed E-state index contributed by atoms with van der Waals surface area (Å²) in [6.07, 6.45) is 9.45. The van der Waals surface area contributed by atoms with Gasteiger partial charge in [-0.15, -0.1) is 0 Å². The van der Waals surface area contributed by atoms with Crippen LogP contribution in [0.25, 0.3) is 0 Å². The van der Waals surface area contributed by atoms with Crippen molar-refractivity contribution in [1.29, 1.82) is 0 Å². The van der Waals surface area contributed by atoms with Gasteiger partial charge in [-0.3, -0.25) is 4.79 Å². The molecule has 1 aliphatic rings. The van der Waals surface area contributed by atoms with Crippen molar-refractivity contribution in [1.82, 2.24) is 0 Å². The number of amides is 1. The maximum absolute atomic E-state index is 11.2. The zero-order valence-electron chi connectivity index (χ0n) is 10.2. The van der Waals surface area contributed by atoms with E-state index in [1.807, 2.05) is 0 Å². The average Bonchev–Trinajstić information content (AvgIpc) is 2.14. The molecule has 1 amide bonds. The van der Waals surface area contributed by atoms with Crippen molar-refractivity contribution in [2.45, 2.75) is 65.2 Å². The summed E-state index contributed by atoms with van der Waals surface area (Å²) in [4.78, 5) is 11.2. The monoisotopic (exact) mass is 211 g/mol. The third kappa shape index (κ3) is 4.67. The van der Waals surface area contributed by atoms with E-state index in [2.05, 4.69) is 13.8 Å². The van der Waals surface area contributed by atoms with Crippen LogP contribution in [0.4, 0.5) is 0 Å².